The van der Waals surface area contributed by atoms with E-state index in [4.69, 9.17) is 43.8 Å². The van der Waals surface area contributed by atoms with Crippen molar-refractivity contribution in [3.05, 3.63) is 119 Å². The molecule has 50 heavy (non-hydrogen) atoms. The molecule has 0 aliphatic carbocycles. The Morgan fingerprint density at radius 1 is 0.940 bits per heavy atom. The largest absolute Gasteiger partial charge is 0.462 e. The fraction of sp³-hybridized carbons (Fsp3) is 0.235. The summed E-state index contributed by atoms with van der Waals surface area (Å²) in [6.45, 7) is 0.865. The van der Waals surface area contributed by atoms with Crippen LogP contribution in [0, 0.1) is 0 Å². The van der Waals surface area contributed by atoms with E-state index >= 15 is 0 Å². The molecule has 0 atom stereocenters. The van der Waals surface area contributed by atoms with Gasteiger partial charge in [-0.3, -0.25) is 19.3 Å². The lowest BCUT2D eigenvalue weighted by Gasteiger charge is -2.15. The zero-order valence-corrected chi connectivity index (χ0v) is 30.2. The first-order valence-corrected chi connectivity index (χ1v) is 20.2. The zero-order chi connectivity index (χ0) is 35.5. The first kappa shape index (κ1) is 36.7. The lowest BCUT2D eigenvalue weighted by atomic mass is 10.1. The number of aryl methyl sites for hydroxylation is 1. The second-order valence-corrected chi connectivity index (χ2v) is 18.9. The maximum atomic E-state index is 12.5. The van der Waals surface area contributed by atoms with Gasteiger partial charge in [0.05, 0.1) is 23.0 Å². The van der Waals surface area contributed by atoms with E-state index in [1.54, 1.807) is 55.9 Å². The summed E-state index contributed by atoms with van der Waals surface area (Å²) >= 11 is 16.9. The van der Waals surface area contributed by atoms with Crippen molar-refractivity contribution in [3.63, 3.8) is 0 Å². The van der Waals surface area contributed by atoms with Crippen LogP contribution in [0.5, 0.6) is 11.5 Å². The van der Waals surface area contributed by atoms with Crippen molar-refractivity contribution >= 4 is 63.1 Å². The summed E-state index contributed by atoms with van der Waals surface area (Å²) in [5, 5.41) is 15.3. The van der Waals surface area contributed by atoms with Gasteiger partial charge in [-0.2, -0.15) is 5.10 Å². The Labute approximate surface area is 304 Å². The predicted octanol–water partition coefficient (Wildman–Crippen LogP) is 6.15. The number of rotatable bonds is 17. The number of hydrogen-bond acceptors (Lipinski definition) is 9. The highest BCUT2D eigenvalue weighted by Crippen LogP contribution is 2.59. The molecule has 4 aromatic rings. The first-order valence-electron chi connectivity index (χ1n) is 15.6. The van der Waals surface area contributed by atoms with Crippen LogP contribution < -0.4 is 14.8 Å². The van der Waals surface area contributed by atoms with E-state index in [0.717, 1.165) is 23.2 Å². The van der Waals surface area contributed by atoms with E-state index in [9.17, 15) is 14.4 Å². The van der Waals surface area contributed by atoms with Gasteiger partial charge in [-0.1, -0.05) is 29.5 Å². The van der Waals surface area contributed by atoms with Crippen LogP contribution in [0.25, 0.3) is 0 Å². The van der Waals surface area contributed by atoms with Crippen LogP contribution in [0.15, 0.2) is 96.6 Å². The lowest BCUT2D eigenvalue weighted by Crippen LogP contribution is -2.30. The number of benzene rings is 3. The molecule has 0 spiro atoms. The van der Waals surface area contributed by atoms with E-state index in [-0.39, 0.29) is 24.3 Å². The molecule has 1 N–H and O–H groups in total. The van der Waals surface area contributed by atoms with E-state index in [1.807, 2.05) is 36.4 Å². The molecule has 0 unspecified atom stereocenters. The maximum Gasteiger partial charge on any atom is 0.261 e. The number of ether oxygens (including phenoxy) is 2. The molecule has 1 aliphatic heterocycles. The molecule has 0 fully saturated rings. The molecule has 0 bridgehead atoms. The van der Waals surface area contributed by atoms with Gasteiger partial charge < -0.3 is 14.8 Å². The summed E-state index contributed by atoms with van der Waals surface area (Å²) in [7, 11) is 1.63. The highest BCUT2D eigenvalue weighted by molar-refractivity contribution is 8.37. The number of hydrazone groups is 1. The van der Waals surface area contributed by atoms with Crippen molar-refractivity contribution in [1.82, 2.24) is 30.0 Å². The Kier molecular flexibility index (Phi) is 12.8. The summed E-state index contributed by atoms with van der Waals surface area (Å²) in [5.74, 6) is 0.587. The fourth-order valence-corrected chi connectivity index (χ4v) is 5.42. The van der Waals surface area contributed by atoms with E-state index in [2.05, 4.69) is 20.7 Å². The van der Waals surface area contributed by atoms with Gasteiger partial charge in [0.1, 0.15) is 30.6 Å². The van der Waals surface area contributed by atoms with Crippen LogP contribution in [0.2, 0.25) is 0 Å². The third-order valence-electron chi connectivity index (χ3n) is 7.55. The van der Waals surface area contributed by atoms with Crippen LogP contribution >= 0.6 is 27.4 Å². The minimum atomic E-state index is -2.65. The van der Waals surface area contributed by atoms with Gasteiger partial charge in [0.15, 0.2) is 0 Å². The number of nitrogens with one attached hydrogen (secondary N) is 1. The lowest BCUT2D eigenvalue weighted by molar-refractivity contribution is -0.121. The fourth-order valence-electron chi connectivity index (χ4n) is 4.89. The average molecular weight is 755 g/mol. The van der Waals surface area contributed by atoms with Gasteiger partial charge in [-0.05, 0) is 120 Å². The number of amides is 3. The van der Waals surface area contributed by atoms with Gasteiger partial charge >= 0.3 is 0 Å². The maximum absolute atomic E-state index is 12.5. The quantitative estimate of drug-likeness (QED) is 0.0337. The summed E-state index contributed by atoms with van der Waals surface area (Å²) in [5.41, 5.74) is 3.52. The third-order valence-corrected chi connectivity index (χ3v) is 10.3. The predicted molar refractivity (Wildman–Crippen MR) is 196 cm³/mol. The standard InChI is InChI=1S/C34H34Cl2N7O5PS/c1-41(49(35,36)50)38-22-26-11-15-29(16-12-26)48-21-20-47-28-13-9-25(10-14-28)17-18-37-32(44)24-42-23-27(39-40-42)6-4-5-19-43-33(45)30-7-2-3-8-31(30)34(43)46/h2-3,7-16,20-23H,4-6,17-19,24H2,1H3,(H,37,44)/b21-20?,38-22-. The van der Waals surface area contributed by atoms with Crippen LogP contribution in [0.3, 0.4) is 0 Å². The summed E-state index contributed by atoms with van der Waals surface area (Å²) in [6, 6.07) is 21.6. The Morgan fingerprint density at radius 2 is 1.56 bits per heavy atom. The molecule has 16 heteroatoms. The molecule has 0 saturated heterocycles. The van der Waals surface area contributed by atoms with Crippen molar-refractivity contribution in [2.24, 2.45) is 5.10 Å². The number of halogens is 2. The Balaban J connectivity index is 0.946. The number of hydrogen-bond donors (Lipinski definition) is 1. The normalized spacial score (nSPS) is 12.9. The van der Waals surface area contributed by atoms with Crippen molar-refractivity contribution in [1.29, 1.82) is 0 Å². The monoisotopic (exact) mass is 753 g/mol. The zero-order valence-electron chi connectivity index (χ0n) is 27.0. The molecule has 3 amide bonds. The number of aromatic nitrogens is 3. The minimum Gasteiger partial charge on any atom is -0.462 e. The molecular formula is C34H34Cl2N7O5PS. The molecule has 260 valence electrons. The highest BCUT2D eigenvalue weighted by atomic mass is 35.9. The summed E-state index contributed by atoms with van der Waals surface area (Å²) in [6.07, 6.45) is 8.87. The number of fused-ring (bicyclic) bond motifs is 1. The van der Waals surface area contributed by atoms with Gasteiger partial charge in [0, 0.05) is 26.3 Å². The van der Waals surface area contributed by atoms with Gasteiger partial charge in [0.25, 0.3) is 11.8 Å². The highest BCUT2D eigenvalue weighted by Gasteiger charge is 2.34. The van der Waals surface area contributed by atoms with E-state index in [1.165, 1.54) is 26.9 Å². The van der Waals surface area contributed by atoms with Gasteiger partial charge in [-0.15, -0.1) is 5.10 Å². The number of nitrogens with zero attached hydrogens (tertiary/aromatic N) is 6. The van der Waals surface area contributed by atoms with Gasteiger partial charge in [0.2, 0.25) is 10.8 Å². The summed E-state index contributed by atoms with van der Waals surface area (Å²) in [4.78, 5) is 36.1. The topological polar surface area (TPSA) is 131 Å². The Bertz CT molecular complexity index is 1880. The van der Waals surface area contributed by atoms with E-state index < -0.39 is 4.89 Å². The smallest absolute Gasteiger partial charge is 0.261 e. The Morgan fingerprint density at radius 3 is 2.18 bits per heavy atom. The van der Waals surface area contributed by atoms with Crippen LogP contribution in [0.4, 0.5) is 0 Å². The first-order chi connectivity index (χ1) is 24.1. The van der Waals surface area contributed by atoms with Crippen LogP contribution in [0.1, 0.15) is 50.4 Å². The van der Waals surface area contributed by atoms with Crippen LogP contribution in [-0.2, 0) is 36.0 Å². The Hall–Kier alpha value is -4.55. The SMILES string of the molecule is CN(/N=C\c1ccc(OC=COc2ccc(CCNC(=O)Cn3cc(CCCCN4C(=O)c5ccccc5C4=O)nn3)cc2)cc1)P(=S)(Cl)Cl. The second kappa shape index (κ2) is 17.4. The van der Waals surface area contributed by atoms with E-state index in [0.29, 0.717) is 55.0 Å². The van der Waals surface area contributed by atoms with Gasteiger partial charge in [-0.25, -0.2) is 9.46 Å². The molecule has 3 aromatic carbocycles. The third kappa shape index (κ3) is 10.5. The number of unbranched alkanes of at least 4 members (excludes halogenated alkanes) is 1. The molecule has 0 saturated carbocycles. The average Bonchev–Trinajstić information content (AvgIpc) is 3.65. The molecule has 1 aliphatic rings. The summed E-state index contributed by atoms with van der Waals surface area (Å²) < 4.78 is 14.1. The number of imide groups is 1. The second-order valence-electron chi connectivity index (χ2n) is 11.2. The molecule has 1 aromatic heterocycles. The van der Waals surface area contributed by atoms with Crippen molar-refractivity contribution < 1.29 is 23.9 Å². The molecule has 0 radical (unpaired) electrons. The molecule has 12 nitrogen and oxygen atoms in total. The number of carbonyl (C=O) groups is 3. The van der Waals surface area contributed by atoms with Crippen molar-refractivity contribution in [2.45, 2.75) is 32.2 Å². The van der Waals surface area contributed by atoms with Crippen LogP contribution in [-0.4, -0.2) is 68.7 Å². The minimum absolute atomic E-state index is 0.0550. The van der Waals surface area contributed by atoms with Crippen molar-refractivity contribution in [2.75, 3.05) is 20.1 Å². The molecule has 5 rings (SSSR count). The molecular weight excluding hydrogens is 720 g/mol. The molecule has 2 heterocycles. The van der Waals surface area contributed by atoms with Crippen molar-refractivity contribution in [3.8, 4) is 11.5 Å². The number of carbonyl (C=O) groups excluding carboxylic acids is 3.